The maximum Gasteiger partial charge on any atom is 0.0177 e. The Morgan fingerprint density at radius 3 is 2.10 bits per heavy atom. The maximum atomic E-state index is 6.65. The van der Waals surface area contributed by atoms with E-state index in [9.17, 15) is 0 Å². The van der Waals surface area contributed by atoms with Gasteiger partial charge in [0, 0.05) is 11.5 Å². The van der Waals surface area contributed by atoms with E-state index in [1.54, 1.807) is 0 Å². The molecular weight excluding hydrogens is 254 g/mol. The van der Waals surface area contributed by atoms with Crippen molar-refractivity contribution in [2.45, 2.75) is 50.5 Å². The van der Waals surface area contributed by atoms with Gasteiger partial charge in [0.1, 0.15) is 0 Å². The van der Waals surface area contributed by atoms with E-state index in [2.05, 4.69) is 61.5 Å². The van der Waals surface area contributed by atoms with Gasteiger partial charge in [0.25, 0.3) is 0 Å². The first-order valence-electron chi connectivity index (χ1n) is 8.13. The standard InChI is InChI=1S/C20H25N/c1-2-16-9-11-17(12-10-16)15-19(21)20(13-6-14-20)18-7-4-3-5-8-18/h3-5,7-12,19H,2,6,13-15,21H2,1H3. The fraction of sp³-hybridized carbons (Fsp3) is 0.400. The predicted molar refractivity (Wildman–Crippen MR) is 89.5 cm³/mol. The van der Waals surface area contributed by atoms with E-state index < -0.39 is 0 Å². The normalized spacial score (nSPS) is 18.0. The number of nitrogens with two attached hydrogens (primary N) is 1. The number of hydrogen-bond acceptors (Lipinski definition) is 1. The summed E-state index contributed by atoms with van der Waals surface area (Å²) in [6, 6.07) is 20.0. The molecule has 1 nitrogen and oxygen atoms in total. The molecule has 0 spiro atoms. The van der Waals surface area contributed by atoms with Gasteiger partial charge < -0.3 is 5.73 Å². The van der Waals surface area contributed by atoms with Crippen LogP contribution in [0.2, 0.25) is 0 Å². The molecule has 1 atom stereocenters. The molecule has 1 heteroatoms. The zero-order chi connectivity index (χ0) is 14.7. The summed E-state index contributed by atoms with van der Waals surface area (Å²) in [7, 11) is 0. The molecular formula is C20H25N. The van der Waals surface area contributed by atoms with Gasteiger partial charge in [-0.15, -0.1) is 0 Å². The molecule has 2 N–H and O–H groups in total. The molecule has 1 aliphatic rings. The first kappa shape index (κ1) is 14.3. The molecule has 0 aromatic heterocycles. The molecule has 1 fully saturated rings. The molecule has 3 rings (SSSR count). The zero-order valence-corrected chi connectivity index (χ0v) is 12.9. The lowest BCUT2D eigenvalue weighted by Gasteiger charge is -2.47. The lowest BCUT2D eigenvalue weighted by atomic mass is 9.59. The average molecular weight is 279 g/mol. The van der Waals surface area contributed by atoms with E-state index >= 15 is 0 Å². The molecule has 110 valence electrons. The second-order valence-corrected chi connectivity index (χ2v) is 6.36. The molecule has 0 saturated heterocycles. The third-order valence-corrected chi connectivity index (χ3v) is 5.19. The van der Waals surface area contributed by atoms with E-state index in [-0.39, 0.29) is 11.5 Å². The Kier molecular flexibility index (Phi) is 4.12. The van der Waals surface area contributed by atoms with Crippen molar-refractivity contribution in [3.63, 3.8) is 0 Å². The van der Waals surface area contributed by atoms with Crippen LogP contribution in [0.1, 0.15) is 42.9 Å². The van der Waals surface area contributed by atoms with E-state index in [0.29, 0.717) is 0 Å². The summed E-state index contributed by atoms with van der Waals surface area (Å²) >= 11 is 0. The smallest absolute Gasteiger partial charge is 0.0177 e. The Labute approximate surface area is 128 Å². The van der Waals surface area contributed by atoms with Crippen LogP contribution in [0.3, 0.4) is 0 Å². The highest BCUT2D eigenvalue weighted by Crippen LogP contribution is 2.46. The largest absolute Gasteiger partial charge is 0.327 e. The third kappa shape index (κ3) is 2.75. The molecule has 0 heterocycles. The van der Waals surface area contributed by atoms with Crippen molar-refractivity contribution in [1.29, 1.82) is 0 Å². The minimum absolute atomic E-state index is 0.199. The number of hydrogen-bond donors (Lipinski definition) is 1. The van der Waals surface area contributed by atoms with E-state index in [1.807, 2.05) is 0 Å². The lowest BCUT2D eigenvalue weighted by molar-refractivity contribution is 0.194. The molecule has 0 bridgehead atoms. The van der Waals surface area contributed by atoms with Gasteiger partial charge in [0.2, 0.25) is 0 Å². The Morgan fingerprint density at radius 2 is 1.57 bits per heavy atom. The van der Waals surface area contributed by atoms with Crippen LogP contribution in [0.4, 0.5) is 0 Å². The highest BCUT2D eigenvalue weighted by Gasteiger charge is 2.43. The van der Waals surface area contributed by atoms with Crippen LogP contribution in [-0.4, -0.2) is 6.04 Å². The first-order chi connectivity index (χ1) is 10.2. The van der Waals surface area contributed by atoms with Crippen LogP contribution in [0, 0.1) is 0 Å². The molecule has 0 aliphatic heterocycles. The van der Waals surface area contributed by atoms with Crippen molar-refractivity contribution in [3.8, 4) is 0 Å². The van der Waals surface area contributed by atoms with Crippen LogP contribution in [0.5, 0.6) is 0 Å². The highest BCUT2D eigenvalue weighted by atomic mass is 14.7. The van der Waals surface area contributed by atoms with Gasteiger partial charge in [-0.1, -0.05) is 67.9 Å². The SMILES string of the molecule is CCc1ccc(CC(N)C2(c3ccccc3)CCC2)cc1. The monoisotopic (exact) mass is 279 g/mol. The molecule has 1 saturated carbocycles. The molecule has 2 aromatic carbocycles. The van der Waals surface area contributed by atoms with E-state index in [4.69, 9.17) is 5.73 Å². The van der Waals surface area contributed by atoms with Crippen molar-refractivity contribution >= 4 is 0 Å². The van der Waals surface area contributed by atoms with Crippen molar-refractivity contribution in [2.75, 3.05) is 0 Å². The van der Waals surface area contributed by atoms with Crippen molar-refractivity contribution < 1.29 is 0 Å². The van der Waals surface area contributed by atoms with Gasteiger partial charge in [-0.3, -0.25) is 0 Å². The topological polar surface area (TPSA) is 26.0 Å². The summed E-state index contributed by atoms with van der Waals surface area (Å²) in [5.41, 5.74) is 11.0. The van der Waals surface area contributed by atoms with Crippen molar-refractivity contribution in [1.82, 2.24) is 0 Å². The van der Waals surface area contributed by atoms with Crippen molar-refractivity contribution in [2.24, 2.45) is 5.73 Å². The molecule has 0 radical (unpaired) electrons. The quantitative estimate of drug-likeness (QED) is 0.870. The first-order valence-corrected chi connectivity index (χ1v) is 8.13. The summed E-state index contributed by atoms with van der Waals surface area (Å²) in [6.07, 6.45) is 5.83. The van der Waals surface area contributed by atoms with Gasteiger partial charge in [0.05, 0.1) is 0 Å². The van der Waals surface area contributed by atoms with Crippen LogP contribution in [0.25, 0.3) is 0 Å². The van der Waals surface area contributed by atoms with Gasteiger partial charge in [-0.05, 0) is 42.4 Å². The second kappa shape index (κ2) is 6.03. The van der Waals surface area contributed by atoms with Crippen LogP contribution < -0.4 is 5.73 Å². The van der Waals surface area contributed by atoms with Crippen molar-refractivity contribution in [3.05, 3.63) is 71.3 Å². The fourth-order valence-corrected chi connectivity index (χ4v) is 3.56. The number of benzene rings is 2. The fourth-order valence-electron chi connectivity index (χ4n) is 3.56. The summed E-state index contributed by atoms with van der Waals surface area (Å²) in [6.45, 7) is 2.19. The Morgan fingerprint density at radius 1 is 0.952 bits per heavy atom. The van der Waals surface area contributed by atoms with Crippen LogP contribution in [0.15, 0.2) is 54.6 Å². The molecule has 1 aliphatic carbocycles. The van der Waals surface area contributed by atoms with E-state index in [0.717, 1.165) is 12.8 Å². The Bertz CT molecular complexity index is 567. The Hall–Kier alpha value is -1.60. The molecule has 21 heavy (non-hydrogen) atoms. The highest BCUT2D eigenvalue weighted by molar-refractivity contribution is 5.32. The number of aryl methyl sites for hydroxylation is 1. The minimum Gasteiger partial charge on any atom is -0.327 e. The summed E-state index contributed by atoms with van der Waals surface area (Å²) in [5, 5.41) is 0. The third-order valence-electron chi connectivity index (χ3n) is 5.19. The minimum atomic E-state index is 0.199. The van der Waals surface area contributed by atoms with Crippen LogP contribution >= 0.6 is 0 Å². The summed E-state index contributed by atoms with van der Waals surface area (Å²) in [5.74, 6) is 0. The average Bonchev–Trinajstić information content (AvgIpc) is 2.48. The number of rotatable bonds is 5. The van der Waals surface area contributed by atoms with Gasteiger partial charge in [0.15, 0.2) is 0 Å². The van der Waals surface area contributed by atoms with E-state index in [1.165, 1.54) is 36.0 Å². The van der Waals surface area contributed by atoms with Crippen LogP contribution in [-0.2, 0) is 18.3 Å². The lowest BCUT2D eigenvalue weighted by Crippen LogP contribution is -2.51. The second-order valence-electron chi connectivity index (χ2n) is 6.36. The predicted octanol–water partition coefficient (Wildman–Crippen LogP) is 4.24. The molecule has 1 unspecified atom stereocenters. The zero-order valence-electron chi connectivity index (χ0n) is 12.9. The summed E-state index contributed by atoms with van der Waals surface area (Å²) < 4.78 is 0. The maximum absolute atomic E-state index is 6.65. The summed E-state index contributed by atoms with van der Waals surface area (Å²) in [4.78, 5) is 0. The molecule has 2 aromatic rings. The van der Waals surface area contributed by atoms with Gasteiger partial charge in [-0.25, -0.2) is 0 Å². The van der Waals surface area contributed by atoms with Gasteiger partial charge in [-0.2, -0.15) is 0 Å². The van der Waals surface area contributed by atoms with Gasteiger partial charge >= 0.3 is 0 Å². The molecule has 0 amide bonds. The Balaban J connectivity index is 1.78.